The van der Waals surface area contributed by atoms with Crippen LogP contribution in [-0.2, 0) is 4.79 Å². The van der Waals surface area contributed by atoms with Gasteiger partial charge in [0.25, 0.3) is 0 Å². The number of hydrogen-bond donors (Lipinski definition) is 2. The van der Waals surface area contributed by atoms with Gasteiger partial charge in [-0.05, 0) is 13.3 Å². The van der Waals surface area contributed by atoms with E-state index in [0.717, 1.165) is 0 Å². The summed E-state index contributed by atoms with van der Waals surface area (Å²) in [6, 6.07) is -0.606. The summed E-state index contributed by atoms with van der Waals surface area (Å²) >= 11 is 0. The Bertz CT molecular complexity index is 328. The molecule has 0 aliphatic carbocycles. The van der Waals surface area contributed by atoms with E-state index in [1.54, 1.807) is 20.0 Å². The van der Waals surface area contributed by atoms with Crippen molar-refractivity contribution in [3.63, 3.8) is 0 Å². The molecule has 0 saturated heterocycles. The van der Waals surface area contributed by atoms with E-state index in [1.807, 2.05) is 0 Å². The Balaban J connectivity index is 2.77. The molecule has 0 bridgehead atoms. The van der Waals surface area contributed by atoms with Crippen molar-refractivity contribution in [1.29, 1.82) is 0 Å². The third-order valence-electron chi connectivity index (χ3n) is 1.90. The average molecular weight is 195 g/mol. The molecule has 5 heteroatoms. The average Bonchev–Trinajstić information content (AvgIpc) is 2.16. The summed E-state index contributed by atoms with van der Waals surface area (Å²) in [4.78, 5) is 18.8. The Morgan fingerprint density at radius 1 is 1.57 bits per heavy atom. The largest absolute Gasteiger partial charge is 0.480 e. The zero-order valence-corrected chi connectivity index (χ0v) is 8.19. The van der Waals surface area contributed by atoms with Crippen molar-refractivity contribution in [2.75, 3.05) is 5.32 Å². The number of nitrogens with zero attached hydrogens (tertiary/aromatic N) is 2. The van der Waals surface area contributed by atoms with Crippen LogP contribution in [0.15, 0.2) is 12.4 Å². The second-order valence-corrected chi connectivity index (χ2v) is 2.93. The molecule has 76 valence electrons. The van der Waals surface area contributed by atoms with Gasteiger partial charge in [0.1, 0.15) is 11.9 Å². The number of rotatable bonds is 4. The number of aryl methyl sites for hydroxylation is 1. The zero-order valence-electron chi connectivity index (χ0n) is 8.19. The number of anilines is 1. The van der Waals surface area contributed by atoms with Gasteiger partial charge in [-0.1, -0.05) is 6.92 Å². The molecule has 0 amide bonds. The van der Waals surface area contributed by atoms with Crippen molar-refractivity contribution < 1.29 is 9.90 Å². The maximum atomic E-state index is 10.7. The second kappa shape index (κ2) is 4.55. The third kappa shape index (κ3) is 2.42. The molecular formula is C9H13N3O2. The van der Waals surface area contributed by atoms with Gasteiger partial charge in [-0.15, -0.1) is 0 Å². The maximum absolute atomic E-state index is 10.7. The highest BCUT2D eigenvalue weighted by Gasteiger charge is 2.15. The van der Waals surface area contributed by atoms with Gasteiger partial charge in [0, 0.05) is 12.4 Å². The lowest BCUT2D eigenvalue weighted by Crippen LogP contribution is -2.29. The van der Waals surface area contributed by atoms with Crippen LogP contribution in [0.2, 0.25) is 0 Å². The highest BCUT2D eigenvalue weighted by molar-refractivity contribution is 5.76. The van der Waals surface area contributed by atoms with Gasteiger partial charge in [-0.2, -0.15) is 0 Å². The highest BCUT2D eigenvalue weighted by Crippen LogP contribution is 2.09. The van der Waals surface area contributed by atoms with Gasteiger partial charge >= 0.3 is 5.97 Å². The fraction of sp³-hybridized carbons (Fsp3) is 0.444. The van der Waals surface area contributed by atoms with Crippen LogP contribution >= 0.6 is 0 Å². The van der Waals surface area contributed by atoms with Gasteiger partial charge in [0.2, 0.25) is 0 Å². The first-order valence-electron chi connectivity index (χ1n) is 4.42. The minimum atomic E-state index is -0.877. The van der Waals surface area contributed by atoms with E-state index >= 15 is 0 Å². The molecule has 0 saturated carbocycles. The first kappa shape index (κ1) is 10.4. The van der Waals surface area contributed by atoms with Gasteiger partial charge in [0.05, 0.1) is 5.69 Å². The summed E-state index contributed by atoms with van der Waals surface area (Å²) in [6.07, 6.45) is 3.61. The van der Waals surface area contributed by atoms with Crippen molar-refractivity contribution in [3.8, 4) is 0 Å². The van der Waals surface area contributed by atoms with Gasteiger partial charge in [-0.3, -0.25) is 4.98 Å². The number of carboxylic acids is 1. The van der Waals surface area contributed by atoms with Crippen LogP contribution in [-0.4, -0.2) is 27.1 Å². The Hall–Kier alpha value is -1.65. The number of carbonyl (C=O) groups is 1. The van der Waals surface area contributed by atoms with Crippen molar-refractivity contribution >= 4 is 11.8 Å². The standard InChI is InChI=1S/C9H13N3O2/c1-3-7(9(13)14)12-8-6(2)10-4-5-11-8/h4-5,7H,3H2,1-2H3,(H,11,12)(H,13,14). The fourth-order valence-electron chi connectivity index (χ4n) is 1.05. The van der Waals surface area contributed by atoms with Gasteiger partial charge in [0.15, 0.2) is 0 Å². The van der Waals surface area contributed by atoms with Crippen LogP contribution < -0.4 is 5.32 Å². The molecule has 1 atom stereocenters. The van der Waals surface area contributed by atoms with Crippen molar-refractivity contribution in [3.05, 3.63) is 18.1 Å². The molecule has 1 rings (SSSR count). The minimum absolute atomic E-state index is 0.505. The Morgan fingerprint density at radius 3 is 2.71 bits per heavy atom. The van der Waals surface area contributed by atoms with E-state index < -0.39 is 12.0 Å². The number of aliphatic carboxylic acids is 1. The molecule has 1 aromatic rings. The molecule has 2 N–H and O–H groups in total. The zero-order chi connectivity index (χ0) is 10.6. The summed E-state index contributed by atoms with van der Waals surface area (Å²) in [7, 11) is 0. The van der Waals surface area contributed by atoms with Crippen LogP contribution in [0.25, 0.3) is 0 Å². The lowest BCUT2D eigenvalue weighted by atomic mass is 10.2. The molecule has 0 aliphatic heterocycles. The molecule has 0 spiro atoms. The molecule has 0 radical (unpaired) electrons. The molecule has 0 aliphatic rings. The summed E-state index contributed by atoms with van der Waals surface area (Å²) in [6.45, 7) is 3.58. The topological polar surface area (TPSA) is 75.1 Å². The van der Waals surface area contributed by atoms with Crippen LogP contribution in [0.1, 0.15) is 19.0 Å². The predicted molar refractivity (Wildman–Crippen MR) is 52.1 cm³/mol. The normalized spacial score (nSPS) is 12.1. The molecule has 1 unspecified atom stereocenters. The number of aromatic nitrogens is 2. The van der Waals surface area contributed by atoms with Crippen LogP contribution in [0, 0.1) is 6.92 Å². The minimum Gasteiger partial charge on any atom is -0.480 e. The van der Waals surface area contributed by atoms with Crippen molar-refractivity contribution in [1.82, 2.24) is 9.97 Å². The van der Waals surface area contributed by atoms with Gasteiger partial charge < -0.3 is 10.4 Å². The monoisotopic (exact) mass is 195 g/mol. The van der Waals surface area contributed by atoms with E-state index in [0.29, 0.717) is 17.9 Å². The van der Waals surface area contributed by atoms with E-state index in [4.69, 9.17) is 5.11 Å². The highest BCUT2D eigenvalue weighted by atomic mass is 16.4. The molecule has 14 heavy (non-hydrogen) atoms. The Labute approximate surface area is 82.2 Å². The van der Waals surface area contributed by atoms with E-state index in [1.165, 1.54) is 6.20 Å². The van der Waals surface area contributed by atoms with Crippen LogP contribution in [0.3, 0.4) is 0 Å². The number of hydrogen-bond acceptors (Lipinski definition) is 4. The second-order valence-electron chi connectivity index (χ2n) is 2.93. The third-order valence-corrected chi connectivity index (χ3v) is 1.90. The van der Waals surface area contributed by atoms with Crippen LogP contribution in [0.4, 0.5) is 5.82 Å². The smallest absolute Gasteiger partial charge is 0.326 e. The van der Waals surface area contributed by atoms with Crippen molar-refractivity contribution in [2.24, 2.45) is 0 Å². The van der Waals surface area contributed by atoms with E-state index in [9.17, 15) is 4.79 Å². The summed E-state index contributed by atoms with van der Waals surface area (Å²) < 4.78 is 0. The summed E-state index contributed by atoms with van der Waals surface area (Å²) in [5.74, 6) is -0.348. The van der Waals surface area contributed by atoms with Crippen molar-refractivity contribution in [2.45, 2.75) is 26.3 Å². The Kier molecular flexibility index (Phi) is 3.39. The van der Waals surface area contributed by atoms with E-state index in [-0.39, 0.29) is 0 Å². The predicted octanol–water partition coefficient (Wildman–Crippen LogP) is 1.06. The Morgan fingerprint density at radius 2 is 2.21 bits per heavy atom. The molecule has 0 fully saturated rings. The SMILES string of the molecule is CCC(Nc1nccnc1C)C(=O)O. The fourth-order valence-corrected chi connectivity index (χ4v) is 1.05. The lowest BCUT2D eigenvalue weighted by Gasteiger charge is -2.13. The number of nitrogens with one attached hydrogen (secondary N) is 1. The molecule has 1 heterocycles. The molecule has 1 aromatic heterocycles. The first-order chi connectivity index (χ1) is 6.65. The summed E-state index contributed by atoms with van der Waals surface area (Å²) in [5.41, 5.74) is 0.701. The maximum Gasteiger partial charge on any atom is 0.326 e. The number of carboxylic acid groups (broad SMARTS) is 1. The van der Waals surface area contributed by atoms with E-state index in [2.05, 4.69) is 15.3 Å². The summed E-state index contributed by atoms with van der Waals surface area (Å²) in [5, 5.41) is 11.6. The quantitative estimate of drug-likeness (QED) is 0.751. The molecule has 5 nitrogen and oxygen atoms in total. The molecular weight excluding hydrogens is 182 g/mol. The lowest BCUT2D eigenvalue weighted by molar-refractivity contribution is -0.137. The van der Waals surface area contributed by atoms with Crippen LogP contribution in [0.5, 0.6) is 0 Å². The first-order valence-corrected chi connectivity index (χ1v) is 4.42. The molecule has 0 aromatic carbocycles. The van der Waals surface area contributed by atoms with Gasteiger partial charge in [-0.25, -0.2) is 9.78 Å².